The molecule has 1 amide bonds. The van der Waals surface area contributed by atoms with E-state index in [0.717, 1.165) is 35.7 Å². The molecule has 33 heavy (non-hydrogen) atoms. The van der Waals surface area contributed by atoms with Crippen LogP contribution >= 0.6 is 0 Å². The first-order chi connectivity index (χ1) is 15.6. The highest BCUT2D eigenvalue weighted by atomic mass is 16.6. The van der Waals surface area contributed by atoms with Gasteiger partial charge in [0.25, 0.3) is 0 Å². The molecule has 0 spiro atoms. The topological polar surface area (TPSA) is 116 Å². The van der Waals surface area contributed by atoms with Gasteiger partial charge in [-0.1, -0.05) is 13.8 Å². The molecule has 4 heterocycles. The minimum Gasteiger partial charge on any atom is -0.444 e. The number of hydrogen-bond acceptors (Lipinski definition) is 8. The number of amides is 1. The number of nitrogens with zero attached hydrogens (tertiary/aromatic N) is 4. The molecular weight excluding hydrogens is 422 g/mol. The van der Waals surface area contributed by atoms with Crippen molar-refractivity contribution in [3.8, 4) is 0 Å². The Balaban J connectivity index is 1.49. The predicted octanol–water partition coefficient (Wildman–Crippen LogP) is 2.76. The van der Waals surface area contributed by atoms with Crippen molar-refractivity contribution in [3.05, 3.63) is 17.8 Å². The lowest BCUT2D eigenvalue weighted by atomic mass is 10.1. The van der Waals surface area contributed by atoms with Gasteiger partial charge in [0, 0.05) is 49.8 Å². The van der Waals surface area contributed by atoms with Gasteiger partial charge >= 0.3 is 6.09 Å². The van der Waals surface area contributed by atoms with E-state index in [2.05, 4.69) is 34.9 Å². The summed E-state index contributed by atoms with van der Waals surface area (Å²) in [6.45, 7) is 11.9. The average molecular weight is 460 g/mol. The largest absolute Gasteiger partial charge is 0.444 e. The summed E-state index contributed by atoms with van der Waals surface area (Å²) in [4.78, 5) is 19.0. The Morgan fingerprint density at radius 3 is 2.58 bits per heavy atom. The van der Waals surface area contributed by atoms with Crippen LogP contribution in [0.2, 0.25) is 0 Å². The molecule has 10 nitrogen and oxygen atoms in total. The smallest absolute Gasteiger partial charge is 0.410 e. The Labute approximate surface area is 195 Å². The number of ether oxygens (including phenoxy) is 1. The number of aliphatic hydroxyl groups excluding tert-OH is 1. The zero-order chi connectivity index (χ0) is 23.8. The molecule has 0 aliphatic carbocycles. The van der Waals surface area contributed by atoms with Crippen molar-refractivity contribution in [1.82, 2.24) is 24.8 Å². The van der Waals surface area contributed by atoms with Crippen molar-refractivity contribution in [2.75, 3.05) is 30.3 Å². The number of hydrogen-bond donors (Lipinski definition) is 4. The van der Waals surface area contributed by atoms with Gasteiger partial charge in [-0.15, -0.1) is 0 Å². The van der Waals surface area contributed by atoms with Crippen molar-refractivity contribution in [3.63, 3.8) is 0 Å². The normalized spacial score (nSPS) is 22.2. The van der Waals surface area contributed by atoms with Gasteiger partial charge in [0.15, 0.2) is 5.65 Å². The lowest BCUT2D eigenvalue weighted by Crippen LogP contribution is -2.44. The van der Waals surface area contributed by atoms with Crippen LogP contribution in [0, 0.1) is 0 Å². The number of piperidine rings is 1. The van der Waals surface area contributed by atoms with Crippen molar-refractivity contribution in [2.45, 2.75) is 83.7 Å². The maximum atomic E-state index is 12.4. The fourth-order valence-corrected chi connectivity index (χ4v) is 4.34. The van der Waals surface area contributed by atoms with Gasteiger partial charge in [-0.2, -0.15) is 9.61 Å². The Morgan fingerprint density at radius 2 is 1.97 bits per heavy atom. The van der Waals surface area contributed by atoms with Crippen LogP contribution in [0.5, 0.6) is 0 Å². The quantitative estimate of drug-likeness (QED) is 0.539. The summed E-state index contributed by atoms with van der Waals surface area (Å²) in [6.07, 6.45) is 3.43. The van der Waals surface area contributed by atoms with Crippen molar-refractivity contribution >= 4 is 23.4 Å². The lowest BCUT2D eigenvalue weighted by molar-refractivity contribution is 0.0210. The highest BCUT2D eigenvalue weighted by Gasteiger charge is 2.28. The van der Waals surface area contributed by atoms with E-state index in [4.69, 9.17) is 9.72 Å². The summed E-state index contributed by atoms with van der Waals surface area (Å²) in [5, 5.41) is 24.5. The Bertz CT molecular complexity index is 976. The summed E-state index contributed by atoms with van der Waals surface area (Å²) >= 11 is 0. The van der Waals surface area contributed by atoms with Crippen LogP contribution in [0.3, 0.4) is 0 Å². The van der Waals surface area contributed by atoms with E-state index in [-0.39, 0.29) is 18.2 Å². The van der Waals surface area contributed by atoms with Gasteiger partial charge in [0.1, 0.15) is 23.5 Å². The third-order valence-electron chi connectivity index (χ3n) is 6.08. The van der Waals surface area contributed by atoms with Crippen molar-refractivity contribution in [2.24, 2.45) is 0 Å². The first kappa shape index (κ1) is 23.6. The van der Waals surface area contributed by atoms with E-state index < -0.39 is 11.8 Å². The lowest BCUT2D eigenvalue weighted by Gasteiger charge is -2.34. The molecule has 0 saturated carbocycles. The molecule has 2 aromatic heterocycles. The second-order valence-corrected chi connectivity index (χ2v) is 10.4. The standard InChI is InChI=1S/C23H37N7O3/c1-14(2)17-13-25-30-19(11-18(28-21(17)30)26-16-10-20(31)24-12-16)27-15-6-8-29(9-7-15)22(32)33-23(3,4)5/h11,13-16,20,24,27,31H,6-10,12H2,1-5H3,(H,26,28)/t16-,20-/m0/s1. The summed E-state index contributed by atoms with van der Waals surface area (Å²) in [5.74, 6) is 1.93. The fraction of sp³-hybridized carbons (Fsp3) is 0.696. The molecule has 4 rings (SSSR count). The Kier molecular flexibility index (Phi) is 6.67. The Hall–Kier alpha value is -2.59. The summed E-state index contributed by atoms with van der Waals surface area (Å²) in [5.41, 5.74) is 1.43. The zero-order valence-electron chi connectivity index (χ0n) is 20.3. The van der Waals surface area contributed by atoms with Gasteiger partial charge in [-0.25, -0.2) is 9.78 Å². The molecule has 2 aliphatic rings. The average Bonchev–Trinajstić information content (AvgIpc) is 3.33. The van der Waals surface area contributed by atoms with Gasteiger partial charge in [-0.3, -0.25) is 5.32 Å². The number of likely N-dealkylation sites (tertiary alicyclic amines) is 1. The van der Waals surface area contributed by atoms with Crippen LogP contribution in [0.15, 0.2) is 12.3 Å². The number of carbonyl (C=O) groups is 1. The van der Waals surface area contributed by atoms with Crippen molar-refractivity contribution in [1.29, 1.82) is 0 Å². The molecule has 4 N–H and O–H groups in total. The maximum absolute atomic E-state index is 12.4. The van der Waals surface area contributed by atoms with Crippen LogP contribution in [-0.4, -0.2) is 74.2 Å². The van der Waals surface area contributed by atoms with E-state index in [9.17, 15) is 9.90 Å². The number of rotatable bonds is 5. The molecule has 10 heteroatoms. The number of carbonyl (C=O) groups excluding carboxylic acids is 1. The van der Waals surface area contributed by atoms with Gasteiger partial charge in [0.05, 0.1) is 6.20 Å². The van der Waals surface area contributed by atoms with Crippen LogP contribution in [0.1, 0.15) is 65.4 Å². The predicted molar refractivity (Wildman–Crippen MR) is 128 cm³/mol. The minimum absolute atomic E-state index is 0.116. The molecule has 2 atom stereocenters. The molecule has 182 valence electrons. The molecule has 2 saturated heterocycles. The number of aliphatic hydroxyl groups is 1. The molecule has 2 fully saturated rings. The fourth-order valence-electron chi connectivity index (χ4n) is 4.34. The van der Waals surface area contributed by atoms with E-state index in [1.54, 1.807) is 4.90 Å². The van der Waals surface area contributed by atoms with Gasteiger partial charge < -0.3 is 25.4 Å². The first-order valence-corrected chi connectivity index (χ1v) is 11.9. The Morgan fingerprint density at radius 1 is 1.24 bits per heavy atom. The highest BCUT2D eigenvalue weighted by Crippen LogP contribution is 2.26. The van der Waals surface area contributed by atoms with Crippen LogP contribution in [0.4, 0.5) is 16.4 Å². The third kappa shape index (κ3) is 5.67. The molecule has 2 aromatic rings. The zero-order valence-corrected chi connectivity index (χ0v) is 20.3. The summed E-state index contributed by atoms with van der Waals surface area (Å²) < 4.78 is 7.38. The maximum Gasteiger partial charge on any atom is 0.410 e. The first-order valence-electron chi connectivity index (χ1n) is 11.9. The monoisotopic (exact) mass is 459 g/mol. The molecule has 0 unspecified atom stereocenters. The van der Waals surface area contributed by atoms with E-state index in [1.807, 2.05) is 37.5 Å². The van der Waals surface area contributed by atoms with Crippen LogP contribution < -0.4 is 16.0 Å². The number of anilines is 2. The molecule has 0 aromatic carbocycles. The summed E-state index contributed by atoms with van der Waals surface area (Å²) in [6, 6.07) is 2.31. The third-order valence-corrected chi connectivity index (χ3v) is 6.08. The van der Waals surface area contributed by atoms with Crippen LogP contribution in [0.25, 0.3) is 5.65 Å². The van der Waals surface area contributed by atoms with Crippen LogP contribution in [-0.2, 0) is 4.74 Å². The number of aromatic nitrogens is 3. The molecule has 0 radical (unpaired) electrons. The van der Waals surface area contributed by atoms with E-state index in [0.29, 0.717) is 32.0 Å². The SMILES string of the molecule is CC(C)c1cnn2c(NC3CCN(C(=O)OC(C)(C)C)CC3)cc(N[C@@H]3CN[C@@H](O)C3)nc12. The number of fused-ring (bicyclic) bond motifs is 1. The molecular formula is C23H37N7O3. The second kappa shape index (κ2) is 9.34. The molecule has 2 aliphatic heterocycles. The molecule has 0 bridgehead atoms. The highest BCUT2D eigenvalue weighted by molar-refractivity contribution is 5.68. The van der Waals surface area contributed by atoms with E-state index >= 15 is 0 Å². The van der Waals surface area contributed by atoms with Gasteiger partial charge in [-0.05, 0) is 39.5 Å². The van der Waals surface area contributed by atoms with Crippen molar-refractivity contribution < 1.29 is 14.6 Å². The number of nitrogens with one attached hydrogen (secondary N) is 3. The minimum atomic E-state index is -0.489. The summed E-state index contributed by atoms with van der Waals surface area (Å²) in [7, 11) is 0. The van der Waals surface area contributed by atoms with Gasteiger partial charge in [0.2, 0.25) is 0 Å². The second-order valence-electron chi connectivity index (χ2n) is 10.4. The van der Waals surface area contributed by atoms with E-state index in [1.165, 1.54) is 0 Å².